The van der Waals surface area contributed by atoms with Gasteiger partial charge in [0.1, 0.15) is 0 Å². The molecule has 6 heteroatoms. The highest BCUT2D eigenvalue weighted by molar-refractivity contribution is 8.22. The average molecular weight is 288 g/mol. The van der Waals surface area contributed by atoms with E-state index in [4.69, 9.17) is 26.4 Å². The van der Waals surface area contributed by atoms with Crippen molar-refractivity contribution in [1.29, 1.82) is 0 Å². The average Bonchev–Trinajstić information content (AvgIpc) is 2.37. The Morgan fingerprint density at radius 3 is 2.56 bits per heavy atom. The second kappa shape index (κ2) is 7.45. The zero-order chi connectivity index (χ0) is 13.5. The second-order valence-corrected chi connectivity index (χ2v) is 4.94. The van der Waals surface area contributed by atoms with E-state index in [0.717, 1.165) is 4.90 Å². The number of aliphatic hydroxyl groups is 1. The zero-order valence-corrected chi connectivity index (χ0v) is 12.2. The lowest BCUT2D eigenvalue weighted by Gasteiger charge is -2.13. The lowest BCUT2D eigenvalue weighted by atomic mass is 10.2. The number of benzene rings is 1. The van der Waals surface area contributed by atoms with Crippen LogP contribution >= 0.6 is 24.0 Å². The van der Waals surface area contributed by atoms with Gasteiger partial charge in [-0.15, -0.1) is 0 Å². The highest BCUT2D eigenvalue weighted by Crippen LogP contribution is 2.36. The molecule has 4 nitrogen and oxygen atoms in total. The fraction of sp³-hybridized carbons (Fsp3) is 0.417. The molecule has 0 unspecified atom stereocenters. The number of thioether (sulfide) groups is 1. The Hall–Kier alpha value is -0.980. The van der Waals surface area contributed by atoms with Crippen molar-refractivity contribution in [3.05, 3.63) is 17.7 Å². The summed E-state index contributed by atoms with van der Waals surface area (Å²) >= 11 is 6.37. The van der Waals surface area contributed by atoms with Crippen LogP contribution < -0.4 is 9.47 Å². The fourth-order valence-electron chi connectivity index (χ4n) is 1.44. The molecule has 18 heavy (non-hydrogen) atoms. The van der Waals surface area contributed by atoms with Crippen molar-refractivity contribution in [2.45, 2.75) is 18.4 Å². The Labute approximate surface area is 116 Å². The van der Waals surface area contributed by atoms with Crippen LogP contribution in [0.4, 0.5) is 0 Å². The fourth-order valence-corrected chi connectivity index (χ4v) is 2.58. The summed E-state index contributed by atoms with van der Waals surface area (Å²) in [5.74, 6) is 1.09. The molecule has 0 bridgehead atoms. The normalized spacial score (nSPS) is 10.0. The molecule has 0 atom stereocenters. The minimum Gasteiger partial charge on any atom is -0.493 e. The monoisotopic (exact) mass is 288 g/mol. The van der Waals surface area contributed by atoms with Gasteiger partial charge in [-0.25, -0.2) is 0 Å². The predicted octanol–water partition coefficient (Wildman–Crippen LogP) is 2.61. The van der Waals surface area contributed by atoms with E-state index in [1.165, 1.54) is 18.9 Å². The molecule has 0 aliphatic rings. The van der Waals surface area contributed by atoms with Gasteiger partial charge in [-0.2, -0.15) is 0 Å². The number of rotatable bonds is 5. The van der Waals surface area contributed by atoms with E-state index in [2.05, 4.69) is 0 Å². The highest BCUT2D eigenvalue weighted by Gasteiger charge is 2.13. The molecule has 1 rings (SSSR count). The van der Waals surface area contributed by atoms with Crippen molar-refractivity contribution >= 4 is 28.4 Å². The van der Waals surface area contributed by atoms with Crippen LogP contribution in [0.3, 0.4) is 0 Å². The first-order valence-electron chi connectivity index (χ1n) is 5.36. The largest absolute Gasteiger partial charge is 0.493 e. The molecule has 0 aromatic heterocycles. The standard InChI is InChI=1S/C12H16O4S2/c1-4-16-12(17)18-9-5-8(7-13)11(15-3)10(6-9)14-2/h5-6,13H,4,7H2,1-3H3. The summed E-state index contributed by atoms with van der Waals surface area (Å²) in [5.41, 5.74) is 0.652. The number of methoxy groups -OCH3 is 2. The Morgan fingerprint density at radius 2 is 2.06 bits per heavy atom. The minimum atomic E-state index is -0.130. The van der Waals surface area contributed by atoms with Gasteiger partial charge in [-0.05, 0) is 43.0 Å². The van der Waals surface area contributed by atoms with Crippen molar-refractivity contribution in [3.63, 3.8) is 0 Å². The Morgan fingerprint density at radius 1 is 1.33 bits per heavy atom. The molecule has 0 aliphatic carbocycles. The van der Waals surface area contributed by atoms with Gasteiger partial charge in [0.05, 0.1) is 27.4 Å². The van der Waals surface area contributed by atoms with Gasteiger partial charge in [-0.3, -0.25) is 0 Å². The molecule has 0 saturated heterocycles. The number of hydrogen-bond donors (Lipinski definition) is 1. The van der Waals surface area contributed by atoms with Gasteiger partial charge in [0.15, 0.2) is 11.5 Å². The van der Waals surface area contributed by atoms with Crippen LogP contribution in [-0.4, -0.2) is 30.3 Å². The second-order valence-electron chi connectivity index (χ2n) is 3.26. The van der Waals surface area contributed by atoms with E-state index in [1.807, 2.05) is 6.92 Å². The molecule has 0 radical (unpaired) electrons. The molecule has 0 heterocycles. The number of hydrogen-bond acceptors (Lipinski definition) is 6. The zero-order valence-electron chi connectivity index (χ0n) is 10.6. The molecule has 1 aromatic rings. The minimum absolute atomic E-state index is 0.130. The van der Waals surface area contributed by atoms with E-state index in [1.54, 1.807) is 19.2 Å². The Balaban J connectivity index is 3.03. The number of thiocarbonyl (C=S) groups is 1. The van der Waals surface area contributed by atoms with Crippen LogP contribution in [-0.2, 0) is 11.3 Å². The van der Waals surface area contributed by atoms with E-state index >= 15 is 0 Å². The van der Waals surface area contributed by atoms with Gasteiger partial charge in [0.25, 0.3) is 0 Å². The summed E-state index contributed by atoms with van der Waals surface area (Å²) in [6, 6.07) is 3.60. The van der Waals surface area contributed by atoms with Gasteiger partial charge < -0.3 is 19.3 Å². The first kappa shape index (κ1) is 15.1. The van der Waals surface area contributed by atoms with Crippen molar-refractivity contribution in [1.82, 2.24) is 0 Å². The third kappa shape index (κ3) is 3.76. The maximum Gasteiger partial charge on any atom is 0.224 e. The topological polar surface area (TPSA) is 47.9 Å². The van der Waals surface area contributed by atoms with Crippen molar-refractivity contribution in [2.24, 2.45) is 0 Å². The predicted molar refractivity (Wildman–Crippen MR) is 75.5 cm³/mol. The molecule has 1 aromatic carbocycles. The maximum absolute atomic E-state index is 9.32. The SMILES string of the molecule is CCOC(=S)Sc1cc(CO)c(OC)c(OC)c1. The van der Waals surface area contributed by atoms with Crippen LogP contribution in [0.1, 0.15) is 12.5 Å². The molecular weight excluding hydrogens is 272 g/mol. The van der Waals surface area contributed by atoms with E-state index in [9.17, 15) is 5.11 Å². The van der Waals surface area contributed by atoms with Crippen molar-refractivity contribution in [3.8, 4) is 11.5 Å². The van der Waals surface area contributed by atoms with E-state index in [0.29, 0.717) is 28.1 Å². The van der Waals surface area contributed by atoms with Crippen molar-refractivity contribution < 1.29 is 19.3 Å². The lowest BCUT2D eigenvalue weighted by Crippen LogP contribution is -1.99. The van der Waals surface area contributed by atoms with Crippen LogP contribution in [0.15, 0.2) is 17.0 Å². The Kier molecular flexibility index (Phi) is 6.24. The maximum atomic E-state index is 9.32. The summed E-state index contributed by atoms with van der Waals surface area (Å²) < 4.78 is 16.1. The molecule has 0 spiro atoms. The Bertz CT molecular complexity index is 396. The van der Waals surface area contributed by atoms with Gasteiger partial charge in [-0.1, -0.05) is 0 Å². The van der Waals surface area contributed by atoms with Gasteiger partial charge in [0, 0.05) is 10.5 Å². The van der Waals surface area contributed by atoms with Crippen LogP contribution in [0, 0.1) is 0 Å². The lowest BCUT2D eigenvalue weighted by molar-refractivity contribution is 0.269. The van der Waals surface area contributed by atoms with Crippen LogP contribution in [0.2, 0.25) is 0 Å². The van der Waals surface area contributed by atoms with E-state index in [-0.39, 0.29) is 6.61 Å². The van der Waals surface area contributed by atoms with Gasteiger partial charge in [0.2, 0.25) is 4.38 Å². The first-order chi connectivity index (χ1) is 8.65. The molecule has 100 valence electrons. The molecule has 0 aliphatic heterocycles. The first-order valence-corrected chi connectivity index (χ1v) is 6.59. The van der Waals surface area contributed by atoms with E-state index < -0.39 is 0 Å². The highest BCUT2D eigenvalue weighted by atomic mass is 32.2. The summed E-state index contributed by atoms with van der Waals surface area (Å²) in [5, 5.41) is 9.32. The number of aliphatic hydroxyl groups excluding tert-OH is 1. The summed E-state index contributed by atoms with van der Waals surface area (Å²) in [6.45, 7) is 2.28. The molecule has 0 saturated carbocycles. The summed E-state index contributed by atoms with van der Waals surface area (Å²) in [7, 11) is 3.09. The van der Waals surface area contributed by atoms with Crippen LogP contribution in [0.25, 0.3) is 0 Å². The molecule has 0 fully saturated rings. The summed E-state index contributed by atoms with van der Waals surface area (Å²) in [4.78, 5) is 0.843. The molecular formula is C12H16O4S2. The molecule has 1 N–H and O–H groups in total. The molecule has 0 amide bonds. The third-order valence-corrected chi connectivity index (χ3v) is 3.29. The van der Waals surface area contributed by atoms with Gasteiger partial charge >= 0.3 is 0 Å². The summed E-state index contributed by atoms with van der Waals surface area (Å²) in [6.07, 6.45) is 0. The third-order valence-electron chi connectivity index (χ3n) is 2.16. The number of ether oxygens (including phenoxy) is 3. The smallest absolute Gasteiger partial charge is 0.224 e. The van der Waals surface area contributed by atoms with Crippen molar-refractivity contribution in [2.75, 3.05) is 20.8 Å². The quantitative estimate of drug-likeness (QED) is 0.664. The van der Waals surface area contributed by atoms with Crippen LogP contribution in [0.5, 0.6) is 11.5 Å².